The van der Waals surface area contributed by atoms with Crippen LogP contribution in [0.1, 0.15) is 18.7 Å². The summed E-state index contributed by atoms with van der Waals surface area (Å²) in [4.78, 5) is 15.9. The number of nitrogens with one attached hydrogen (secondary N) is 1. The van der Waals surface area contributed by atoms with Gasteiger partial charge in [0.2, 0.25) is 5.91 Å². The highest BCUT2D eigenvalue weighted by atomic mass is 16.2. The molecule has 1 aliphatic carbocycles. The van der Waals surface area contributed by atoms with Gasteiger partial charge in [-0.1, -0.05) is 0 Å². The Balaban J connectivity index is 1.89. The third-order valence-electron chi connectivity index (χ3n) is 3.05. The van der Waals surface area contributed by atoms with E-state index in [1.807, 2.05) is 17.8 Å². The molecule has 5 heteroatoms. The minimum Gasteiger partial charge on any atom is -0.348 e. The Morgan fingerprint density at radius 1 is 1.73 bits per heavy atom. The zero-order chi connectivity index (χ0) is 10.9. The second-order valence-corrected chi connectivity index (χ2v) is 4.12. The molecule has 0 spiro atoms. The lowest BCUT2D eigenvalue weighted by atomic mass is 10.1. The average Bonchev–Trinajstić information content (AvgIpc) is 2.94. The van der Waals surface area contributed by atoms with Crippen LogP contribution >= 0.6 is 0 Å². The minimum atomic E-state index is -0.273. The molecule has 5 nitrogen and oxygen atoms in total. The maximum absolute atomic E-state index is 11.7. The summed E-state index contributed by atoms with van der Waals surface area (Å²) in [5.41, 5.74) is 5.29. The van der Waals surface area contributed by atoms with Crippen LogP contribution in [0.25, 0.3) is 0 Å². The lowest BCUT2D eigenvalue weighted by Gasteiger charge is -2.12. The van der Waals surface area contributed by atoms with Gasteiger partial charge in [0.15, 0.2) is 0 Å². The van der Waals surface area contributed by atoms with Crippen LogP contribution in [-0.2, 0) is 18.4 Å². The Morgan fingerprint density at radius 3 is 2.93 bits per heavy atom. The monoisotopic (exact) mass is 208 g/mol. The highest BCUT2D eigenvalue weighted by Gasteiger charge is 2.48. The average molecular weight is 208 g/mol. The van der Waals surface area contributed by atoms with Crippen LogP contribution in [0.3, 0.4) is 0 Å². The fourth-order valence-electron chi connectivity index (χ4n) is 1.59. The van der Waals surface area contributed by atoms with Gasteiger partial charge in [0.1, 0.15) is 5.82 Å². The second kappa shape index (κ2) is 3.66. The molecular formula is C10H16N4O. The molecule has 0 bridgehead atoms. The molecule has 1 aliphatic rings. The third kappa shape index (κ3) is 1.87. The van der Waals surface area contributed by atoms with Gasteiger partial charge in [0, 0.05) is 26.0 Å². The van der Waals surface area contributed by atoms with E-state index in [2.05, 4.69) is 10.3 Å². The molecule has 1 amide bonds. The minimum absolute atomic E-state index is 0.0630. The number of amides is 1. The summed E-state index contributed by atoms with van der Waals surface area (Å²) >= 11 is 0. The van der Waals surface area contributed by atoms with Crippen LogP contribution in [-0.4, -0.2) is 22.0 Å². The van der Waals surface area contributed by atoms with E-state index in [4.69, 9.17) is 5.73 Å². The molecule has 82 valence electrons. The number of nitrogens with two attached hydrogens (primary N) is 1. The molecule has 1 aromatic rings. The predicted octanol–water partition coefficient (Wildman–Crippen LogP) is -0.225. The molecule has 15 heavy (non-hydrogen) atoms. The van der Waals surface area contributed by atoms with E-state index in [0.29, 0.717) is 13.1 Å². The number of aromatic nitrogens is 2. The lowest BCUT2D eigenvalue weighted by Crippen LogP contribution is -2.36. The highest BCUT2D eigenvalue weighted by molar-refractivity contribution is 5.85. The first kappa shape index (κ1) is 10.2. The molecule has 1 aromatic heterocycles. The highest BCUT2D eigenvalue weighted by Crippen LogP contribution is 2.44. The third-order valence-corrected chi connectivity index (χ3v) is 3.05. The zero-order valence-corrected chi connectivity index (χ0v) is 8.86. The number of hydrogen-bond acceptors (Lipinski definition) is 3. The van der Waals surface area contributed by atoms with Crippen LogP contribution in [0.2, 0.25) is 0 Å². The van der Waals surface area contributed by atoms with Crippen molar-refractivity contribution in [3.8, 4) is 0 Å². The van der Waals surface area contributed by atoms with E-state index < -0.39 is 0 Å². The summed E-state index contributed by atoms with van der Waals surface area (Å²) in [5.74, 6) is 0.921. The maximum Gasteiger partial charge on any atom is 0.227 e. The van der Waals surface area contributed by atoms with Crippen molar-refractivity contribution in [3.05, 3.63) is 18.2 Å². The number of nitrogens with zero attached hydrogens (tertiary/aromatic N) is 2. The van der Waals surface area contributed by atoms with E-state index >= 15 is 0 Å². The van der Waals surface area contributed by atoms with Crippen molar-refractivity contribution in [3.63, 3.8) is 0 Å². The van der Waals surface area contributed by atoms with E-state index in [1.54, 1.807) is 6.20 Å². The number of rotatable bonds is 4. The maximum atomic E-state index is 11.7. The summed E-state index contributed by atoms with van der Waals surface area (Å²) < 4.78 is 1.89. The van der Waals surface area contributed by atoms with Crippen LogP contribution < -0.4 is 11.1 Å². The van der Waals surface area contributed by atoms with E-state index in [1.165, 1.54) is 0 Å². The predicted molar refractivity (Wildman–Crippen MR) is 55.8 cm³/mol. The van der Waals surface area contributed by atoms with E-state index in [0.717, 1.165) is 18.7 Å². The molecule has 0 atom stereocenters. The molecule has 1 fully saturated rings. The van der Waals surface area contributed by atoms with Gasteiger partial charge in [-0.3, -0.25) is 4.79 Å². The summed E-state index contributed by atoms with van der Waals surface area (Å²) in [7, 11) is 1.91. The molecule has 0 saturated heterocycles. The second-order valence-electron chi connectivity index (χ2n) is 4.12. The number of carbonyl (C=O) groups excluding carboxylic acids is 1. The summed E-state index contributed by atoms with van der Waals surface area (Å²) in [6, 6.07) is 0. The normalized spacial score (nSPS) is 17.5. The Morgan fingerprint density at radius 2 is 2.47 bits per heavy atom. The van der Waals surface area contributed by atoms with Gasteiger partial charge in [-0.2, -0.15) is 0 Å². The largest absolute Gasteiger partial charge is 0.348 e. The fraction of sp³-hybridized carbons (Fsp3) is 0.600. The Hall–Kier alpha value is -1.36. The fourth-order valence-corrected chi connectivity index (χ4v) is 1.59. The Bertz CT molecular complexity index is 367. The number of aryl methyl sites for hydroxylation is 1. The first-order valence-corrected chi connectivity index (χ1v) is 5.12. The quantitative estimate of drug-likeness (QED) is 0.718. The standard InChI is InChI=1S/C10H16N4O/c1-14-5-4-12-8(14)6-13-9(15)10(7-11)2-3-10/h4-5H,2-3,6-7,11H2,1H3,(H,13,15). The molecule has 0 aliphatic heterocycles. The molecule has 1 heterocycles. The first-order chi connectivity index (χ1) is 7.18. The van der Waals surface area contributed by atoms with Gasteiger partial charge in [-0.25, -0.2) is 4.98 Å². The molecule has 0 aromatic carbocycles. The van der Waals surface area contributed by atoms with Crippen molar-refractivity contribution >= 4 is 5.91 Å². The van der Waals surface area contributed by atoms with Crippen molar-refractivity contribution in [1.82, 2.24) is 14.9 Å². The van der Waals surface area contributed by atoms with Gasteiger partial charge in [-0.05, 0) is 12.8 Å². The van der Waals surface area contributed by atoms with Gasteiger partial charge in [-0.15, -0.1) is 0 Å². The van der Waals surface area contributed by atoms with E-state index in [9.17, 15) is 4.79 Å². The van der Waals surface area contributed by atoms with Crippen molar-refractivity contribution in [2.45, 2.75) is 19.4 Å². The molecule has 1 saturated carbocycles. The van der Waals surface area contributed by atoms with Crippen molar-refractivity contribution < 1.29 is 4.79 Å². The number of hydrogen-bond donors (Lipinski definition) is 2. The van der Waals surface area contributed by atoms with Gasteiger partial charge in [0.05, 0.1) is 12.0 Å². The smallest absolute Gasteiger partial charge is 0.227 e. The molecule has 0 unspecified atom stereocenters. The van der Waals surface area contributed by atoms with Gasteiger partial charge < -0.3 is 15.6 Å². The first-order valence-electron chi connectivity index (χ1n) is 5.12. The zero-order valence-electron chi connectivity index (χ0n) is 8.86. The molecule has 0 radical (unpaired) electrons. The van der Waals surface area contributed by atoms with Crippen molar-refractivity contribution in [2.24, 2.45) is 18.2 Å². The van der Waals surface area contributed by atoms with E-state index in [-0.39, 0.29) is 11.3 Å². The summed E-state index contributed by atoms with van der Waals surface area (Å²) in [6.07, 6.45) is 5.40. The molecular weight excluding hydrogens is 192 g/mol. The SMILES string of the molecule is Cn1ccnc1CNC(=O)C1(CN)CC1. The van der Waals surface area contributed by atoms with Gasteiger partial charge in [0.25, 0.3) is 0 Å². The lowest BCUT2D eigenvalue weighted by molar-refractivity contribution is -0.126. The summed E-state index contributed by atoms with van der Waals surface area (Å²) in [5, 5.41) is 2.88. The number of carbonyl (C=O) groups is 1. The van der Waals surface area contributed by atoms with Crippen LogP contribution in [0.4, 0.5) is 0 Å². The number of imidazole rings is 1. The summed E-state index contributed by atoms with van der Waals surface area (Å²) in [6.45, 7) is 0.920. The Labute approximate surface area is 88.7 Å². The van der Waals surface area contributed by atoms with Crippen LogP contribution in [0, 0.1) is 5.41 Å². The topological polar surface area (TPSA) is 72.9 Å². The van der Waals surface area contributed by atoms with Crippen LogP contribution in [0.15, 0.2) is 12.4 Å². The van der Waals surface area contributed by atoms with Crippen molar-refractivity contribution in [2.75, 3.05) is 6.54 Å². The van der Waals surface area contributed by atoms with Crippen molar-refractivity contribution in [1.29, 1.82) is 0 Å². The molecule has 3 N–H and O–H groups in total. The van der Waals surface area contributed by atoms with Gasteiger partial charge >= 0.3 is 0 Å². The van der Waals surface area contributed by atoms with Crippen LogP contribution in [0.5, 0.6) is 0 Å². The Kier molecular flexibility index (Phi) is 2.48. The molecule has 2 rings (SSSR count).